The van der Waals surface area contributed by atoms with Crippen LogP contribution in [0.1, 0.15) is 47.0 Å². The number of rotatable bonds is 11. The Kier molecular flexibility index (Phi) is 10.1. The summed E-state index contributed by atoms with van der Waals surface area (Å²) in [4.78, 5) is 26.9. The number of hydrogen-bond acceptors (Lipinski definition) is 3. The molecule has 1 atom stereocenters. The quantitative estimate of drug-likeness (QED) is 0.631. The highest BCUT2D eigenvalue weighted by Gasteiger charge is 2.17. The van der Waals surface area contributed by atoms with Crippen molar-refractivity contribution >= 4 is 11.9 Å². The molecule has 0 aliphatic rings. The van der Waals surface area contributed by atoms with Crippen LogP contribution < -0.4 is 0 Å². The van der Waals surface area contributed by atoms with E-state index in [9.17, 15) is 9.59 Å². The topological polar surface area (TPSA) is 60.9 Å². The van der Waals surface area contributed by atoms with Gasteiger partial charge >= 0.3 is 5.97 Å². The van der Waals surface area contributed by atoms with Crippen LogP contribution in [-0.4, -0.2) is 59.5 Å². The fourth-order valence-corrected chi connectivity index (χ4v) is 2.28. The maximum Gasteiger partial charge on any atom is 0.303 e. The lowest BCUT2D eigenvalue weighted by Gasteiger charge is -2.24. The van der Waals surface area contributed by atoms with Gasteiger partial charge in [-0.1, -0.05) is 20.8 Å². The van der Waals surface area contributed by atoms with Gasteiger partial charge in [-0.2, -0.15) is 0 Å². The van der Waals surface area contributed by atoms with Crippen molar-refractivity contribution in [1.82, 2.24) is 9.80 Å². The molecule has 1 amide bonds. The van der Waals surface area contributed by atoms with Crippen LogP contribution in [0.15, 0.2) is 0 Å². The second-order valence-corrected chi connectivity index (χ2v) is 5.26. The van der Waals surface area contributed by atoms with Crippen molar-refractivity contribution in [2.45, 2.75) is 47.0 Å². The van der Waals surface area contributed by atoms with Gasteiger partial charge in [-0.25, -0.2) is 0 Å². The first-order valence-corrected chi connectivity index (χ1v) is 7.66. The summed E-state index contributed by atoms with van der Waals surface area (Å²) in [5, 5.41) is 8.72. The van der Waals surface area contributed by atoms with Crippen LogP contribution in [-0.2, 0) is 9.59 Å². The molecule has 0 aliphatic carbocycles. The van der Waals surface area contributed by atoms with E-state index in [0.717, 1.165) is 32.6 Å². The van der Waals surface area contributed by atoms with Gasteiger partial charge in [0.25, 0.3) is 0 Å². The fraction of sp³-hybridized carbons (Fsp3) is 0.867. The average molecular weight is 286 g/mol. The molecule has 1 unspecified atom stereocenters. The first-order chi connectivity index (χ1) is 9.44. The molecule has 0 aromatic heterocycles. The van der Waals surface area contributed by atoms with Crippen molar-refractivity contribution in [3.8, 4) is 0 Å². The van der Waals surface area contributed by atoms with E-state index in [1.165, 1.54) is 0 Å². The van der Waals surface area contributed by atoms with Gasteiger partial charge in [0, 0.05) is 25.9 Å². The smallest absolute Gasteiger partial charge is 0.303 e. The highest BCUT2D eigenvalue weighted by molar-refractivity contribution is 5.77. The third-order valence-corrected chi connectivity index (χ3v) is 3.58. The first-order valence-electron chi connectivity index (χ1n) is 7.66. The molecule has 0 aliphatic heterocycles. The summed E-state index contributed by atoms with van der Waals surface area (Å²) in [6, 6.07) is 0. The van der Waals surface area contributed by atoms with E-state index in [2.05, 4.69) is 18.7 Å². The van der Waals surface area contributed by atoms with Crippen molar-refractivity contribution in [1.29, 1.82) is 0 Å². The summed E-state index contributed by atoms with van der Waals surface area (Å²) < 4.78 is 0. The molecule has 118 valence electrons. The summed E-state index contributed by atoms with van der Waals surface area (Å²) in [5.74, 6) is -0.868. The summed E-state index contributed by atoms with van der Waals surface area (Å²) in [5.41, 5.74) is 0. The number of carboxylic acid groups (broad SMARTS) is 1. The van der Waals surface area contributed by atoms with E-state index >= 15 is 0 Å². The largest absolute Gasteiger partial charge is 0.481 e. The summed E-state index contributed by atoms with van der Waals surface area (Å²) in [6.07, 6.45) is 1.35. The second-order valence-electron chi connectivity index (χ2n) is 5.26. The molecule has 0 aromatic rings. The zero-order valence-electron chi connectivity index (χ0n) is 13.4. The van der Waals surface area contributed by atoms with Crippen LogP contribution in [0.3, 0.4) is 0 Å². The molecule has 0 radical (unpaired) electrons. The maximum absolute atomic E-state index is 12.1. The van der Waals surface area contributed by atoms with Gasteiger partial charge < -0.3 is 14.9 Å². The van der Waals surface area contributed by atoms with E-state index in [1.54, 1.807) is 0 Å². The highest BCUT2D eigenvalue weighted by Crippen LogP contribution is 2.10. The Balaban J connectivity index is 4.11. The Morgan fingerprint density at radius 3 is 2.05 bits per heavy atom. The van der Waals surface area contributed by atoms with Gasteiger partial charge in [0.2, 0.25) is 5.91 Å². The van der Waals surface area contributed by atoms with Crippen molar-refractivity contribution in [2.24, 2.45) is 5.92 Å². The predicted octanol–water partition coefficient (Wildman–Crippen LogP) is 2.07. The number of carboxylic acids is 1. The molecule has 0 rings (SSSR count). The number of carbonyl (C=O) groups excluding carboxylic acids is 1. The van der Waals surface area contributed by atoms with E-state index in [-0.39, 0.29) is 18.2 Å². The standard InChI is InChI=1S/C15H30N2O3/c1-5-16(6-2)9-8-10-17(7-3)14(18)11-13(4)12-15(19)20/h13H,5-12H2,1-4H3,(H,19,20). The average Bonchev–Trinajstić information content (AvgIpc) is 2.37. The van der Waals surface area contributed by atoms with E-state index in [0.29, 0.717) is 13.0 Å². The summed E-state index contributed by atoms with van der Waals surface area (Å²) in [7, 11) is 0. The third-order valence-electron chi connectivity index (χ3n) is 3.58. The van der Waals surface area contributed by atoms with Crippen LogP contribution in [0.2, 0.25) is 0 Å². The molecule has 0 bridgehead atoms. The Hall–Kier alpha value is -1.10. The third kappa shape index (κ3) is 8.15. The van der Waals surface area contributed by atoms with Crippen molar-refractivity contribution in [3.05, 3.63) is 0 Å². The van der Waals surface area contributed by atoms with Gasteiger partial charge in [0.05, 0.1) is 0 Å². The molecule has 5 nitrogen and oxygen atoms in total. The molecule has 0 heterocycles. The van der Waals surface area contributed by atoms with Crippen LogP contribution in [0, 0.1) is 5.92 Å². The van der Waals surface area contributed by atoms with Crippen molar-refractivity contribution in [3.63, 3.8) is 0 Å². The fourth-order valence-electron chi connectivity index (χ4n) is 2.28. The van der Waals surface area contributed by atoms with Crippen LogP contribution in [0.25, 0.3) is 0 Å². The minimum Gasteiger partial charge on any atom is -0.481 e. The number of aliphatic carboxylic acids is 1. The monoisotopic (exact) mass is 286 g/mol. The SMILES string of the molecule is CCN(CC)CCCN(CC)C(=O)CC(C)CC(=O)O. The Labute approximate surface area is 122 Å². The zero-order valence-corrected chi connectivity index (χ0v) is 13.4. The van der Waals surface area contributed by atoms with Crippen molar-refractivity contribution < 1.29 is 14.7 Å². The highest BCUT2D eigenvalue weighted by atomic mass is 16.4. The Bertz CT molecular complexity index is 291. The first kappa shape index (κ1) is 18.9. The minimum atomic E-state index is -0.838. The second kappa shape index (κ2) is 10.7. The van der Waals surface area contributed by atoms with Gasteiger partial charge in [0.1, 0.15) is 0 Å². The minimum absolute atomic E-state index is 0.0583. The number of nitrogens with zero attached hydrogens (tertiary/aromatic N) is 2. The molecule has 5 heteroatoms. The van der Waals surface area contributed by atoms with Crippen LogP contribution >= 0.6 is 0 Å². The van der Waals surface area contributed by atoms with Gasteiger partial charge in [-0.15, -0.1) is 0 Å². The predicted molar refractivity (Wildman–Crippen MR) is 80.7 cm³/mol. The Morgan fingerprint density at radius 1 is 1.00 bits per heavy atom. The molecule has 0 fully saturated rings. The van der Waals surface area contributed by atoms with Crippen molar-refractivity contribution in [2.75, 3.05) is 32.7 Å². The van der Waals surface area contributed by atoms with Crippen LogP contribution in [0.5, 0.6) is 0 Å². The normalized spacial score (nSPS) is 12.4. The molecule has 20 heavy (non-hydrogen) atoms. The van der Waals surface area contributed by atoms with Crippen LogP contribution in [0.4, 0.5) is 0 Å². The van der Waals surface area contributed by atoms with E-state index in [4.69, 9.17) is 5.11 Å². The number of amides is 1. The molecular formula is C15H30N2O3. The van der Waals surface area contributed by atoms with E-state index < -0.39 is 5.97 Å². The molecule has 0 aromatic carbocycles. The molecule has 0 spiro atoms. The van der Waals surface area contributed by atoms with Gasteiger partial charge in [-0.3, -0.25) is 9.59 Å². The van der Waals surface area contributed by atoms with Gasteiger partial charge in [-0.05, 0) is 38.9 Å². The maximum atomic E-state index is 12.1. The Morgan fingerprint density at radius 2 is 1.60 bits per heavy atom. The molecule has 0 saturated carbocycles. The van der Waals surface area contributed by atoms with Gasteiger partial charge in [0.15, 0.2) is 0 Å². The molecule has 0 saturated heterocycles. The summed E-state index contributed by atoms with van der Waals surface area (Å²) in [6.45, 7) is 12.6. The lowest BCUT2D eigenvalue weighted by molar-refractivity contribution is -0.138. The van der Waals surface area contributed by atoms with E-state index in [1.807, 2.05) is 18.7 Å². The zero-order chi connectivity index (χ0) is 15.5. The molecular weight excluding hydrogens is 256 g/mol. The lowest BCUT2D eigenvalue weighted by Crippen LogP contribution is -2.35. The molecule has 1 N–H and O–H groups in total. The summed E-state index contributed by atoms with van der Waals surface area (Å²) >= 11 is 0. The number of carbonyl (C=O) groups is 2. The number of hydrogen-bond donors (Lipinski definition) is 1. The lowest BCUT2D eigenvalue weighted by atomic mass is 10.0.